The summed E-state index contributed by atoms with van der Waals surface area (Å²) in [4.78, 5) is 31.4. The van der Waals surface area contributed by atoms with E-state index in [1.54, 1.807) is 9.80 Å². The molecule has 1 unspecified atom stereocenters. The predicted octanol–water partition coefficient (Wildman–Crippen LogP) is 4.56. The molecule has 3 amide bonds. The first-order valence-corrected chi connectivity index (χ1v) is 12.1. The second kappa shape index (κ2) is 9.66. The Kier molecular flexibility index (Phi) is 7.05. The van der Waals surface area contributed by atoms with Crippen molar-refractivity contribution in [1.82, 2.24) is 14.7 Å². The summed E-state index contributed by atoms with van der Waals surface area (Å²) in [5, 5.41) is 0.600. The first kappa shape index (κ1) is 24.1. The van der Waals surface area contributed by atoms with Gasteiger partial charge in [-0.3, -0.25) is 4.90 Å². The molecule has 0 bridgehead atoms. The molecule has 1 aromatic rings. The van der Waals surface area contributed by atoms with E-state index in [4.69, 9.17) is 21.1 Å². The summed E-state index contributed by atoms with van der Waals surface area (Å²) in [5.74, 6) is 0. The lowest BCUT2D eigenvalue weighted by atomic mass is 9.90. The van der Waals surface area contributed by atoms with Crippen LogP contribution in [0.15, 0.2) is 12.1 Å². The fourth-order valence-corrected chi connectivity index (χ4v) is 5.01. The maximum atomic E-state index is 13.5. The number of carbonyl (C=O) groups excluding carboxylic acids is 2. The number of urea groups is 1. The van der Waals surface area contributed by atoms with E-state index in [-0.39, 0.29) is 18.2 Å². The number of hydrogen-bond acceptors (Lipinski definition) is 4. The van der Waals surface area contributed by atoms with Gasteiger partial charge in [-0.1, -0.05) is 11.6 Å². The highest BCUT2D eigenvalue weighted by Gasteiger charge is 2.36. The number of carbonyl (C=O) groups is 2. The smallest absolute Gasteiger partial charge is 0.410 e. The molecule has 33 heavy (non-hydrogen) atoms. The van der Waals surface area contributed by atoms with Crippen LogP contribution in [0.1, 0.15) is 56.3 Å². The summed E-state index contributed by atoms with van der Waals surface area (Å²) in [7, 11) is 0. The number of halogens is 2. The fourth-order valence-electron chi connectivity index (χ4n) is 4.76. The molecular weight excluding hydrogens is 449 g/mol. The Morgan fingerprint density at radius 1 is 1.12 bits per heavy atom. The van der Waals surface area contributed by atoms with Crippen molar-refractivity contribution in [2.24, 2.45) is 0 Å². The third-order valence-electron chi connectivity index (χ3n) is 6.42. The number of ether oxygens (including phenoxy) is 2. The van der Waals surface area contributed by atoms with Crippen LogP contribution in [0.3, 0.4) is 0 Å². The van der Waals surface area contributed by atoms with E-state index in [9.17, 15) is 14.0 Å². The summed E-state index contributed by atoms with van der Waals surface area (Å²) in [6, 6.07) is 3.41. The second-order valence-corrected chi connectivity index (χ2v) is 10.4. The summed E-state index contributed by atoms with van der Waals surface area (Å²) in [6.45, 7) is 8.62. The van der Waals surface area contributed by atoms with Crippen LogP contribution < -0.4 is 0 Å². The van der Waals surface area contributed by atoms with Crippen LogP contribution in [0.4, 0.5) is 14.0 Å². The number of rotatable bonds is 1. The monoisotopic (exact) mass is 481 g/mol. The number of piperidine rings is 1. The van der Waals surface area contributed by atoms with E-state index in [2.05, 4.69) is 0 Å². The molecule has 2 saturated heterocycles. The van der Waals surface area contributed by atoms with Crippen molar-refractivity contribution in [2.75, 3.05) is 39.4 Å². The van der Waals surface area contributed by atoms with Gasteiger partial charge in [-0.05, 0) is 68.9 Å². The van der Waals surface area contributed by atoms with E-state index in [0.29, 0.717) is 70.2 Å². The third-order valence-corrected chi connectivity index (χ3v) is 6.64. The van der Waals surface area contributed by atoms with Gasteiger partial charge < -0.3 is 19.3 Å². The highest BCUT2D eigenvalue weighted by Crippen LogP contribution is 2.35. The summed E-state index contributed by atoms with van der Waals surface area (Å²) in [5.41, 5.74) is 2.37. The number of alkyl halides is 1. The highest BCUT2D eigenvalue weighted by molar-refractivity contribution is 6.30. The van der Waals surface area contributed by atoms with Crippen LogP contribution in [0.5, 0.6) is 0 Å². The lowest BCUT2D eigenvalue weighted by Crippen LogP contribution is -2.49. The van der Waals surface area contributed by atoms with Gasteiger partial charge in [-0.2, -0.15) is 0 Å². The Morgan fingerprint density at radius 2 is 1.85 bits per heavy atom. The molecule has 3 aliphatic heterocycles. The Bertz CT molecular complexity index is 898. The molecule has 1 aromatic carbocycles. The van der Waals surface area contributed by atoms with Crippen LogP contribution in [0.2, 0.25) is 5.02 Å². The molecule has 0 saturated carbocycles. The van der Waals surface area contributed by atoms with Crippen LogP contribution in [-0.4, -0.2) is 78.0 Å². The topological polar surface area (TPSA) is 62.3 Å². The van der Waals surface area contributed by atoms with Crippen LogP contribution in [-0.2, 0) is 22.4 Å². The Labute approximate surface area is 199 Å². The average molecular weight is 482 g/mol. The number of nitrogens with zero attached hydrogens (tertiary/aromatic N) is 3. The lowest BCUT2D eigenvalue weighted by molar-refractivity contribution is -0.0334. The van der Waals surface area contributed by atoms with E-state index >= 15 is 0 Å². The minimum atomic E-state index is -0.824. The molecule has 4 rings (SSSR count). The molecule has 0 spiro atoms. The number of morpholine rings is 1. The van der Waals surface area contributed by atoms with Gasteiger partial charge >= 0.3 is 12.1 Å². The first-order valence-electron chi connectivity index (χ1n) is 11.7. The molecule has 182 valence electrons. The molecule has 3 aliphatic rings. The van der Waals surface area contributed by atoms with Gasteiger partial charge in [0.25, 0.3) is 0 Å². The van der Waals surface area contributed by atoms with Gasteiger partial charge in [0.1, 0.15) is 11.8 Å². The van der Waals surface area contributed by atoms with Crippen molar-refractivity contribution in [2.45, 2.75) is 64.4 Å². The first-order chi connectivity index (χ1) is 15.6. The van der Waals surface area contributed by atoms with Crippen molar-refractivity contribution < 1.29 is 23.5 Å². The van der Waals surface area contributed by atoms with Crippen molar-refractivity contribution in [3.63, 3.8) is 0 Å². The largest absolute Gasteiger partial charge is 0.444 e. The van der Waals surface area contributed by atoms with Crippen molar-refractivity contribution in [3.8, 4) is 0 Å². The van der Waals surface area contributed by atoms with Crippen LogP contribution in [0, 0.1) is 0 Å². The molecule has 0 radical (unpaired) electrons. The molecule has 0 N–H and O–H groups in total. The van der Waals surface area contributed by atoms with Gasteiger partial charge in [0.15, 0.2) is 0 Å². The number of likely N-dealkylation sites (tertiary alicyclic amines) is 1. The minimum absolute atomic E-state index is 0.0580. The van der Waals surface area contributed by atoms with Crippen molar-refractivity contribution in [1.29, 1.82) is 0 Å². The summed E-state index contributed by atoms with van der Waals surface area (Å²) >= 11 is 6.47. The lowest BCUT2D eigenvalue weighted by Gasteiger charge is -2.40. The molecule has 3 heterocycles. The molecule has 1 atom stereocenters. The van der Waals surface area contributed by atoms with Crippen LogP contribution in [0.25, 0.3) is 0 Å². The number of amides is 3. The molecule has 0 aromatic heterocycles. The third kappa shape index (κ3) is 5.54. The van der Waals surface area contributed by atoms with Gasteiger partial charge in [0, 0.05) is 37.7 Å². The maximum absolute atomic E-state index is 13.5. The fraction of sp³-hybridized carbons (Fsp3) is 0.667. The standard InChI is InChI=1S/C24H33ClFN3O4/c1-24(2,3)33-23(31)29-10-11-32-15-21(29)19-13-17(25)12-16-4-7-28(14-20(16)19)22(30)27-8-5-18(26)6-9-27/h12-13,18,21H,4-11,14-15H2,1-3H3. The molecule has 7 nitrogen and oxygen atoms in total. The number of hydrogen-bond donors (Lipinski definition) is 0. The second-order valence-electron chi connectivity index (χ2n) is 10.0. The van der Waals surface area contributed by atoms with Gasteiger partial charge in [0.2, 0.25) is 0 Å². The highest BCUT2D eigenvalue weighted by atomic mass is 35.5. The van der Waals surface area contributed by atoms with Gasteiger partial charge in [-0.15, -0.1) is 0 Å². The average Bonchev–Trinajstić information content (AvgIpc) is 2.77. The minimum Gasteiger partial charge on any atom is -0.444 e. The van der Waals surface area contributed by atoms with Gasteiger partial charge in [0.05, 0.1) is 19.3 Å². The Balaban J connectivity index is 1.59. The normalized spacial score (nSPS) is 22.2. The number of benzene rings is 1. The molecular formula is C24H33ClFN3O4. The number of fused-ring (bicyclic) bond motifs is 1. The maximum Gasteiger partial charge on any atom is 0.410 e. The molecule has 0 aliphatic carbocycles. The summed E-state index contributed by atoms with van der Waals surface area (Å²) in [6.07, 6.45) is 0.244. The van der Waals surface area contributed by atoms with Crippen molar-refractivity contribution >= 4 is 23.7 Å². The van der Waals surface area contributed by atoms with E-state index < -0.39 is 11.8 Å². The summed E-state index contributed by atoms with van der Waals surface area (Å²) < 4.78 is 24.9. The Morgan fingerprint density at radius 3 is 2.55 bits per heavy atom. The molecule has 9 heteroatoms. The quantitative estimate of drug-likeness (QED) is 0.590. The van der Waals surface area contributed by atoms with E-state index in [1.807, 2.05) is 37.8 Å². The zero-order valence-electron chi connectivity index (χ0n) is 19.6. The molecule has 2 fully saturated rings. The van der Waals surface area contributed by atoms with E-state index in [0.717, 1.165) is 16.7 Å². The van der Waals surface area contributed by atoms with Crippen molar-refractivity contribution in [3.05, 3.63) is 33.8 Å². The van der Waals surface area contributed by atoms with Crippen LogP contribution >= 0.6 is 11.6 Å². The predicted molar refractivity (Wildman–Crippen MR) is 123 cm³/mol. The zero-order valence-corrected chi connectivity index (χ0v) is 20.4. The Hall–Kier alpha value is -2.06. The zero-order chi connectivity index (χ0) is 23.8. The SMILES string of the molecule is CC(C)(C)OC(=O)N1CCOCC1c1cc(Cl)cc2c1CN(C(=O)N1CCC(F)CC1)CC2. The van der Waals surface area contributed by atoms with Gasteiger partial charge in [-0.25, -0.2) is 14.0 Å². The van der Waals surface area contributed by atoms with E-state index in [1.165, 1.54) is 0 Å².